The molecule has 0 radical (unpaired) electrons. The molecule has 0 spiro atoms. The Balaban J connectivity index is 1.46. The van der Waals surface area contributed by atoms with Gasteiger partial charge in [0.25, 0.3) is 0 Å². The number of ketones is 1. The third kappa shape index (κ3) is 3.92. The Kier molecular flexibility index (Phi) is 5.64. The molecule has 6 rings (SSSR count). The van der Waals surface area contributed by atoms with Gasteiger partial charge in [-0.1, -0.05) is 29.8 Å². The molecule has 6 nitrogen and oxygen atoms in total. The van der Waals surface area contributed by atoms with Crippen molar-refractivity contribution in [3.63, 3.8) is 0 Å². The molecule has 1 fully saturated rings. The third-order valence-corrected chi connectivity index (χ3v) is 9.74. The van der Waals surface area contributed by atoms with Crippen molar-refractivity contribution in [2.24, 2.45) is 5.41 Å². The van der Waals surface area contributed by atoms with Gasteiger partial charge in [0.15, 0.2) is 15.6 Å². The SMILES string of the molecule is O=C(c1ccccn1)[C@]12Cc3cnn(-c4ccc(F)cc4)c3C=C1CC[C@H](S(=O)(=O)c1ccccc1)C2. The van der Waals surface area contributed by atoms with E-state index in [1.807, 2.05) is 6.08 Å². The number of carbonyl (C=O) groups excluding carboxylic acids is 1. The number of fused-ring (bicyclic) bond motifs is 2. The summed E-state index contributed by atoms with van der Waals surface area (Å²) in [5, 5.41) is 3.84. The molecule has 2 aliphatic rings. The van der Waals surface area contributed by atoms with Gasteiger partial charge in [-0.05, 0) is 85.9 Å². The number of aromatic nitrogens is 3. The van der Waals surface area contributed by atoms with Crippen LogP contribution in [-0.4, -0.2) is 34.2 Å². The Morgan fingerprint density at radius 2 is 1.76 bits per heavy atom. The van der Waals surface area contributed by atoms with Crippen LogP contribution in [-0.2, 0) is 16.3 Å². The molecule has 2 aromatic heterocycles. The number of halogens is 1. The lowest BCUT2D eigenvalue weighted by atomic mass is 9.61. The molecule has 0 aliphatic heterocycles. The zero-order valence-electron chi connectivity index (χ0n) is 19.9. The molecule has 0 saturated heterocycles. The fraction of sp³-hybridized carbons (Fsp3) is 0.207. The maximum absolute atomic E-state index is 14.1. The summed E-state index contributed by atoms with van der Waals surface area (Å²) < 4.78 is 42.5. The van der Waals surface area contributed by atoms with E-state index in [2.05, 4.69) is 10.1 Å². The van der Waals surface area contributed by atoms with Crippen molar-refractivity contribution in [3.8, 4) is 5.69 Å². The fourth-order valence-electron chi connectivity index (χ4n) is 5.66. The van der Waals surface area contributed by atoms with E-state index in [1.54, 1.807) is 77.7 Å². The van der Waals surface area contributed by atoms with Gasteiger partial charge in [-0.25, -0.2) is 17.5 Å². The van der Waals surface area contributed by atoms with Gasteiger partial charge in [-0.15, -0.1) is 0 Å². The highest BCUT2D eigenvalue weighted by Gasteiger charge is 2.52. The molecule has 4 aromatic rings. The molecule has 2 atom stereocenters. The molecule has 37 heavy (non-hydrogen) atoms. The Morgan fingerprint density at radius 3 is 2.49 bits per heavy atom. The first-order chi connectivity index (χ1) is 17.9. The summed E-state index contributed by atoms with van der Waals surface area (Å²) >= 11 is 0. The number of rotatable bonds is 5. The van der Waals surface area contributed by atoms with E-state index in [-0.39, 0.29) is 22.9 Å². The van der Waals surface area contributed by atoms with Crippen LogP contribution in [0.2, 0.25) is 0 Å². The molecule has 186 valence electrons. The van der Waals surface area contributed by atoms with Crippen LogP contribution in [0.1, 0.15) is 41.0 Å². The van der Waals surface area contributed by atoms with Crippen molar-refractivity contribution in [3.05, 3.63) is 114 Å². The summed E-state index contributed by atoms with van der Waals surface area (Å²) in [6.45, 7) is 0. The van der Waals surface area contributed by atoms with Crippen molar-refractivity contribution >= 4 is 21.7 Å². The number of sulfone groups is 1. The van der Waals surface area contributed by atoms with Gasteiger partial charge in [0.05, 0.1) is 33.1 Å². The summed E-state index contributed by atoms with van der Waals surface area (Å²) in [6, 6.07) is 19.7. The summed E-state index contributed by atoms with van der Waals surface area (Å²) in [7, 11) is -3.64. The van der Waals surface area contributed by atoms with E-state index in [1.165, 1.54) is 12.1 Å². The molecular formula is C29H24FN3O3S. The normalized spacial score (nSPS) is 21.0. The minimum atomic E-state index is -3.64. The van der Waals surface area contributed by atoms with E-state index in [0.29, 0.717) is 30.6 Å². The number of benzene rings is 2. The van der Waals surface area contributed by atoms with Crippen molar-refractivity contribution in [2.45, 2.75) is 35.8 Å². The summed E-state index contributed by atoms with van der Waals surface area (Å²) in [4.78, 5) is 18.7. The van der Waals surface area contributed by atoms with Crippen molar-refractivity contribution in [2.75, 3.05) is 0 Å². The highest BCUT2D eigenvalue weighted by atomic mass is 32.2. The number of nitrogens with zero attached hydrogens (tertiary/aromatic N) is 3. The van der Waals surface area contributed by atoms with Crippen LogP contribution in [0.5, 0.6) is 0 Å². The van der Waals surface area contributed by atoms with Crippen LogP contribution in [0.3, 0.4) is 0 Å². The minimum Gasteiger partial charge on any atom is -0.291 e. The van der Waals surface area contributed by atoms with Crippen LogP contribution >= 0.6 is 0 Å². The number of hydrogen-bond acceptors (Lipinski definition) is 5. The largest absolute Gasteiger partial charge is 0.291 e. The summed E-state index contributed by atoms with van der Waals surface area (Å²) in [5.41, 5.74) is 2.55. The quantitative estimate of drug-likeness (QED) is 0.341. The maximum Gasteiger partial charge on any atom is 0.191 e. The van der Waals surface area contributed by atoms with Gasteiger partial charge in [0, 0.05) is 6.20 Å². The molecule has 0 N–H and O–H groups in total. The van der Waals surface area contributed by atoms with Crippen molar-refractivity contribution in [1.29, 1.82) is 0 Å². The van der Waals surface area contributed by atoms with E-state index >= 15 is 0 Å². The molecule has 0 bridgehead atoms. The third-order valence-electron chi connectivity index (χ3n) is 7.53. The average Bonchev–Trinajstić information content (AvgIpc) is 3.34. The second kappa shape index (κ2) is 8.88. The topological polar surface area (TPSA) is 81.9 Å². The zero-order chi connectivity index (χ0) is 25.6. The predicted octanol–water partition coefficient (Wildman–Crippen LogP) is 5.24. The molecule has 0 unspecified atom stereocenters. The zero-order valence-corrected chi connectivity index (χ0v) is 20.7. The minimum absolute atomic E-state index is 0.173. The number of carbonyl (C=O) groups is 1. The highest BCUT2D eigenvalue weighted by Crippen LogP contribution is 2.51. The molecule has 8 heteroatoms. The van der Waals surface area contributed by atoms with E-state index in [0.717, 1.165) is 16.8 Å². The summed E-state index contributed by atoms with van der Waals surface area (Å²) in [5.74, 6) is -0.506. The molecule has 2 heterocycles. The van der Waals surface area contributed by atoms with Gasteiger partial charge in [-0.2, -0.15) is 5.10 Å². The number of Topliss-reactive ketones (excluding diaryl/α,β-unsaturated/α-hetero) is 1. The fourth-order valence-corrected chi connectivity index (χ4v) is 7.52. The van der Waals surface area contributed by atoms with Crippen LogP contribution in [0.25, 0.3) is 11.8 Å². The van der Waals surface area contributed by atoms with Gasteiger partial charge < -0.3 is 0 Å². The lowest BCUT2D eigenvalue weighted by Crippen LogP contribution is -2.45. The molecule has 2 aliphatic carbocycles. The Hall–Kier alpha value is -3.91. The number of allylic oxidation sites excluding steroid dienone is 1. The number of pyridine rings is 1. The smallest absolute Gasteiger partial charge is 0.191 e. The first-order valence-corrected chi connectivity index (χ1v) is 13.7. The second-order valence-electron chi connectivity index (χ2n) is 9.64. The van der Waals surface area contributed by atoms with E-state index in [4.69, 9.17) is 0 Å². The van der Waals surface area contributed by atoms with E-state index in [9.17, 15) is 17.6 Å². The highest BCUT2D eigenvalue weighted by molar-refractivity contribution is 7.92. The molecule has 1 saturated carbocycles. The van der Waals surface area contributed by atoms with Gasteiger partial charge in [0.2, 0.25) is 0 Å². The second-order valence-corrected chi connectivity index (χ2v) is 11.9. The molecule has 2 aromatic carbocycles. The lowest BCUT2D eigenvalue weighted by Gasteiger charge is -2.43. The van der Waals surface area contributed by atoms with Crippen LogP contribution in [0, 0.1) is 11.2 Å². The van der Waals surface area contributed by atoms with Gasteiger partial charge in [-0.3, -0.25) is 9.78 Å². The van der Waals surface area contributed by atoms with Crippen molar-refractivity contribution in [1.82, 2.24) is 14.8 Å². The van der Waals surface area contributed by atoms with Gasteiger partial charge in [0.1, 0.15) is 11.5 Å². The Labute approximate surface area is 214 Å². The maximum atomic E-state index is 14.1. The first-order valence-electron chi connectivity index (χ1n) is 12.2. The van der Waals surface area contributed by atoms with Crippen molar-refractivity contribution < 1.29 is 17.6 Å². The standard InChI is InChI=1S/C29H24FN3O3S/c30-22-10-12-23(13-11-22)33-27-16-21-9-14-25(37(35,36)24-6-2-1-3-7-24)18-29(21,17-20(27)19-32-33)28(34)26-8-4-5-15-31-26/h1-8,10-13,15-16,19,25H,9,14,17-18H2/t25-,29-/m0/s1. The number of hydrogen-bond donors (Lipinski definition) is 0. The van der Waals surface area contributed by atoms with Crippen LogP contribution < -0.4 is 0 Å². The average molecular weight is 514 g/mol. The molecule has 0 amide bonds. The van der Waals surface area contributed by atoms with E-state index < -0.39 is 20.5 Å². The summed E-state index contributed by atoms with van der Waals surface area (Å²) in [6.07, 6.45) is 6.65. The first kappa shape index (κ1) is 23.5. The lowest BCUT2D eigenvalue weighted by molar-refractivity contribution is 0.0796. The Morgan fingerprint density at radius 1 is 1.00 bits per heavy atom. The Bertz CT molecular complexity index is 1610. The van der Waals surface area contributed by atoms with Crippen LogP contribution in [0.15, 0.2) is 95.7 Å². The molecular weight excluding hydrogens is 489 g/mol. The van der Waals surface area contributed by atoms with Crippen LogP contribution in [0.4, 0.5) is 4.39 Å². The monoisotopic (exact) mass is 513 g/mol. The predicted molar refractivity (Wildman–Crippen MR) is 137 cm³/mol. The van der Waals surface area contributed by atoms with Gasteiger partial charge >= 0.3 is 0 Å².